The number of hydrogen-bond donors (Lipinski definition) is 3. The fourth-order valence-electron chi connectivity index (χ4n) is 2.71. The second kappa shape index (κ2) is 7.09. The van der Waals surface area contributed by atoms with E-state index in [1.807, 2.05) is 12.1 Å². The topological polar surface area (TPSA) is 99.8 Å². The van der Waals surface area contributed by atoms with Crippen molar-refractivity contribution in [3.63, 3.8) is 0 Å². The Balaban J connectivity index is 1.52. The molecule has 7 nitrogen and oxygen atoms in total. The van der Waals surface area contributed by atoms with Crippen LogP contribution in [0.1, 0.15) is 20.7 Å². The van der Waals surface area contributed by atoms with Crippen molar-refractivity contribution in [3.8, 4) is 0 Å². The summed E-state index contributed by atoms with van der Waals surface area (Å²) in [5.41, 5.74) is 2.79. The molecule has 0 unspecified atom stereocenters. The molecule has 0 aliphatic carbocycles. The number of aromatic amines is 1. The van der Waals surface area contributed by atoms with Crippen molar-refractivity contribution in [1.82, 2.24) is 15.2 Å². The molecular weight excluding hydrogens is 342 g/mol. The molecule has 4 rings (SSSR count). The maximum atomic E-state index is 12.6. The van der Waals surface area contributed by atoms with Gasteiger partial charge in [-0.1, -0.05) is 18.2 Å². The molecule has 2 aromatic heterocycles. The second-order valence-corrected chi connectivity index (χ2v) is 5.87. The lowest BCUT2D eigenvalue weighted by atomic mass is 10.1. The number of anilines is 2. The summed E-state index contributed by atoms with van der Waals surface area (Å²) in [5.74, 6) is -0.572. The molecule has 27 heavy (non-hydrogen) atoms. The predicted molar refractivity (Wildman–Crippen MR) is 103 cm³/mol. The van der Waals surface area contributed by atoms with Crippen LogP contribution >= 0.6 is 0 Å². The Kier molecular flexibility index (Phi) is 4.32. The van der Waals surface area contributed by atoms with Crippen LogP contribution in [-0.4, -0.2) is 27.0 Å². The molecule has 3 N–H and O–H groups in total. The normalized spacial score (nSPS) is 10.5. The first-order valence-electron chi connectivity index (χ1n) is 8.25. The van der Waals surface area contributed by atoms with Gasteiger partial charge >= 0.3 is 0 Å². The molecular formula is C20H15N5O2. The van der Waals surface area contributed by atoms with E-state index in [9.17, 15) is 9.59 Å². The number of pyridine rings is 1. The van der Waals surface area contributed by atoms with Gasteiger partial charge in [0.2, 0.25) is 0 Å². The molecule has 132 valence electrons. The fraction of sp³-hybridized carbons (Fsp3) is 0. The van der Waals surface area contributed by atoms with Crippen LogP contribution in [0.2, 0.25) is 0 Å². The number of nitrogens with zero attached hydrogens (tertiary/aromatic N) is 2. The van der Waals surface area contributed by atoms with E-state index in [0.29, 0.717) is 22.5 Å². The van der Waals surface area contributed by atoms with Crippen LogP contribution in [0.3, 0.4) is 0 Å². The van der Waals surface area contributed by atoms with Gasteiger partial charge in [-0.05, 0) is 36.4 Å². The Hall–Kier alpha value is -4.00. The highest BCUT2D eigenvalue weighted by atomic mass is 16.2. The summed E-state index contributed by atoms with van der Waals surface area (Å²) in [6.45, 7) is 0. The summed E-state index contributed by atoms with van der Waals surface area (Å²) < 4.78 is 0. The van der Waals surface area contributed by atoms with Crippen molar-refractivity contribution in [2.75, 3.05) is 10.6 Å². The van der Waals surface area contributed by atoms with E-state index in [-0.39, 0.29) is 11.8 Å². The zero-order valence-electron chi connectivity index (χ0n) is 14.1. The van der Waals surface area contributed by atoms with Gasteiger partial charge in [0.1, 0.15) is 0 Å². The predicted octanol–water partition coefficient (Wildman–Crippen LogP) is 3.46. The highest BCUT2D eigenvalue weighted by molar-refractivity contribution is 6.09. The Morgan fingerprint density at radius 2 is 1.67 bits per heavy atom. The molecule has 0 saturated heterocycles. The number of carbonyl (C=O) groups is 2. The van der Waals surface area contributed by atoms with E-state index in [4.69, 9.17) is 0 Å². The molecule has 0 spiro atoms. The van der Waals surface area contributed by atoms with Crippen molar-refractivity contribution < 1.29 is 9.59 Å². The van der Waals surface area contributed by atoms with Crippen LogP contribution in [0.15, 0.2) is 73.2 Å². The monoisotopic (exact) mass is 357 g/mol. The lowest BCUT2D eigenvalue weighted by molar-refractivity contribution is 0.101. The number of benzene rings is 2. The zero-order valence-corrected chi connectivity index (χ0v) is 14.1. The van der Waals surface area contributed by atoms with Gasteiger partial charge in [-0.15, -0.1) is 0 Å². The van der Waals surface area contributed by atoms with Crippen LogP contribution in [0.4, 0.5) is 11.4 Å². The van der Waals surface area contributed by atoms with E-state index in [2.05, 4.69) is 25.8 Å². The smallest absolute Gasteiger partial charge is 0.257 e. The second-order valence-electron chi connectivity index (χ2n) is 5.87. The number of amides is 2. The molecule has 2 aromatic carbocycles. The first-order chi connectivity index (χ1) is 13.2. The number of hydrogen-bond acceptors (Lipinski definition) is 4. The van der Waals surface area contributed by atoms with Crippen molar-refractivity contribution in [1.29, 1.82) is 0 Å². The van der Waals surface area contributed by atoms with Crippen LogP contribution in [0.5, 0.6) is 0 Å². The summed E-state index contributed by atoms with van der Waals surface area (Å²) >= 11 is 0. The summed E-state index contributed by atoms with van der Waals surface area (Å²) in [4.78, 5) is 28.8. The van der Waals surface area contributed by atoms with E-state index in [1.165, 1.54) is 6.20 Å². The molecule has 0 bridgehead atoms. The largest absolute Gasteiger partial charge is 0.322 e. The lowest BCUT2D eigenvalue weighted by Gasteiger charge is -2.09. The summed E-state index contributed by atoms with van der Waals surface area (Å²) in [6, 6.07) is 15.6. The quantitative estimate of drug-likeness (QED) is 0.521. The van der Waals surface area contributed by atoms with E-state index in [1.54, 1.807) is 54.9 Å². The summed E-state index contributed by atoms with van der Waals surface area (Å²) in [7, 11) is 0. The molecule has 0 fully saturated rings. The van der Waals surface area contributed by atoms with Gasteiger partial charge in [0, 0.05) is 29.0 Å². The van der Waals surface area contributed by atoms with Crippen LogP contribution in [-0.2, 0) is 0 Å². The molecule has 0 saturated carbocycles. The first-order valence-corrected chi connectivity index (χ1v) is 8.25. The fourth-order valence-corrected chi connectivity index (χ4v) is 2.71. The van der Waals surface area contributed by atoms with E-state index in [0.717, 1.165) is 10.9 Å². The van der Waals surface area contributed by atoms with Crippen LogP contribution < -0.4 is 10.6 Å². The van der Waals surface area contributed by atoms with Gasteiger partial charge in [0.15, 0.2) is 0 Å². The minimum Gasteiger partial charge on any atom is -0.322 e. The number of aromatic nitrogens is 3. The van der Waals surface area contributed by atoms with Gasteiger partial charge in [-0.2, -0.15) is 5.10 Å². The Morgan fingerprint density at radius 1 is 0.852 bits per heavy atom. The van der Waals surface area contributed by atoms with Gasteiger partial charge in [0.05, 0.1) is 23.0 Å². The molecule has 0 aliphatic rings. The Labute approximate surface area is 154 Å². The SMILES string of the molecule is O=C(Nc1cccc(C(=O)Nc2cccc3cn[nH]c23)c1)c1cccnc1. The number of H-pyrrole nitrogens is 1. The third-order valence-electron chi connectivity index (χ3n) is 4.03. The molecule has 0 radical (unpaired) electrons. The van der Waals surface area contributed by atoms with Crippen molar-refractivity contribution in [3.05, 3.63) is 84.3 Å². The molecule has 4 aromatic rings. The maximum absolute atomic E-state index is 12.6. The average Bonchev–Trinajstić information content (AvgIpc) is 3.19. The van der Waals surface area contributed by atoms with Crippen LogP contribution in [0, 0.1) is 0 Å². The Bertz CT molecular complexity index is 1120. The molecule has 0 aliphatic heterocycles. The summed E-state index contributed by atoms with van der Waals surface area (Å²) in [6.07, 6.45) is 4.78. The lowest BCUT2D eigenvalue weighted by Crippen LogP contribution is -2.15. The molecule has 2 amide bonds. The number of fused-ring (bicyclic) bond motifs is 1. The maximum Gasteiger partial charge on any atom is 0.257 e. The third-order valence-corrected chi connectivity index (χ3v) is 4.03. The Morgan fingerprint density at radius 3 is 2.52 bits per heavy atom. The highest BCUT2D eigenvalue weighted by Crippen LogP contribution is 2.21. The van der Waals surface area contributed by atoms with Gasteiger partial charge < -0.3 is 10.6 Å². The van der Waals surface area contributed by atoms with Crippen LogP contribution in [0.25, 0.3) is 10.9 Å². The highest BCUT2D eigenvalue weighted by Gasteiger charge is 2.11. The van der Waals surface area contributed by atoms with Crippen molar-refractivity contribution in [2.45, 2.75) is 0 Å². The molecule has 0 atom stereocenters. The van der Waals surface area contributed by atoms with Crippen molar-refractivity contribution >= 4 is 34.1 Å². The number of nitrogens with one attached hydrogen (secondary N) is 3. The average molecular weight is 357 g/mol. The summed E-state index contributed by atoms with van der Waals surface area (Å²) in [5, 5.41) is 13.4. The number of rotatable bonds is 4. The first kappa shape index (κ1) is 16.5. The molecule has 2 heterocycles. The minimum absolute atomic E-state index is 0.283. The minimum atomic E-state index is -0.289. The van der Waals surface area contributed by atoms with Crippen molar-refractivity contribution in [2.24, 2.45) is 0 Å². The standard InChI is InChI=1S/C20H15N5O2/c26-19(24-17-8-2-5-14-12-22-25-18(14)17)13-4-1-7-16(10-13)23-20(27)15-6-3-9-21-11-15/h1-12H,(H,22,25)(H,23,27)(H,24,26). The molecule has 7 heteroatoms. The number of para-hydroxylation sites is 1. The number of carbonyl (C=O) groups excluding carboxylic acids is 2. The van der Waals surface area contributed by atoms with Gasteiger partial charge in [0.25, 0.3) is 11.8 Å². The van der Waals surface area contributed by atoms with Gasteiger partial charge in [-0.3, -0.25) is 19.7 Å². The zero-order chi connectivity index (χ0) is 18.6. The van der Waals surface area contributed by atoms with Gasteiger partial charge in [-0.25, -0.2) is 0 Å². The van der Waals surface area contributed by atoms with E-state index >= 15 is 0 Å². The third kappa shape index (κ3) is 3.52. The van der Waals surface area contributed by atoms with E-state index < -0.39 is 0 Å².